The van der Waals surface area contributed by atoms with Crippen molar-refractivity contribution in [2.45, 2.75) is 30.8 Å². The van der Waals surface area contributed by atoms with Gasteiger partial charge in [-0.2, -0.15) is 0 Å². The van der Waals surface area contributed by atoms with Crippen molar-refractivity contribution in [2.24, 2.45) is 0 Å². The highest BCUT2D eigenvalue weighted by atomic mass is 35.5. The predicted octanol–water partition coefficient (Wildman–Crippen LogP) is 4.40. The Balaban J connectivity index is 2.12. The second-order valence-electron chi connectivity index (χ2n) is 6.65. The molecule has 28 heavy (non-hydrogen) atoms. The Morgan fingerprint density at radius 3 is 2.36 bits per heavy atom. The molecule has 0 saturated heterocycles. The van der Waals surface area contributed by atoms with Gasteiger partial charge in [0.15, 0.2) is 9.84 Å². The minimum Gasteiger partial charge on any atom is -0.449 e. The predicted molar refractivity (Wildman–Crippen MR) is 103 cm³/mol. The summed E-state index contributed by atoms with van der Waals surface area (Å²) in [5.74, 6) is -1.33. The van der Waals surface area contributed by atoms with E-state index in [2.05, 4.69) is 0 Å². The zero-order valence-electron chi connectivity index (χ0n) is 15.5. The van der Waals surface area contributed by atoms with E-state index in [0.717, 1.165) is 12.3 Å². The molecule has 2 aromatic carbocycles. The van der Waals surface area contributed by atoms with Crippen molar-refractivity contribution >= 4 is 33.0 Å². The van der Waals surface area contributed by atoms with Crippen LogP contribution in [-0.2, 0) is 19.4 Å². The standard InChI is InChI=1S/C20H18ClFO5S/c1-4-20(2)17(12-5-8-14(9-6-12)28(3,24)25)18(19(23)27-20)26-13-7-10-15(21)16(22)11-13/h5-11H,4H2,1-3H3/t20-/m1/s1. The third-order valence-corrected chi connectivity index (χ3v) is 6.05. The van der Waals surface area contributed by atoms with Crippen molar-refractivity contribution in [3.63, 3.8) is 0 Å². The number of sulfone groups is 1. The van der Waals surface area contributed by atoms with E-state index in [1.165, 1.54) is 24.3 Å². The van der Waals surface area contributed by atoms with Gasteiger partial charge in [0.25, 0.3) is 0 Å². The molecule has 0 fully saturated rings. The van der Waals surface area contributed by atoms with Crippen LogP contribution >= 0.6 is 11.6 Å². The molecule has 0 aromatic heterocycles. The first-order valence-corrected chi connectivity index (χ1v) is 10.7. The summed E-state index contributed by atoms with van der Waals surface area (Å²) < 4.78 is 48.4. The molecule has 0 N–H and O–H groups in total. The van der Waals surface area contributed by atoms with Crippen molar-refractivity contribution in [3.8, 4) is 5.75 Å². The first-order chi connectivity index (χ1) is 13.0. The van der Waals surface area contributed by atoms with Crippen molar-refractivity contribution in [1.82, 2.24) is 0 Å². The van der Waals surface area contributed by atoms with Gasteiger partial charge in [-0.05, 0) is 43.2 Å². The Labute approximate surface area is 167 Å². The molecule has 3 rings (SSSR count). The van der Waals surface area contributed by atoms with E-state index in [1.807, 2.05) is 6.92 Å². The van der Waals surface area contributed by atoms with Crippen LogP contribution in [-0.4, -0.2) is 26.2 Å². The van der Waals surface area contributed by atoms with Gasteiger partial charge in [0.2, 0.25) is 5.76 Å². The number of cyclic esters (lactones) is 1. The summed E-state index contributed by atoms with van der Waals surface area (Å²) >= 11 is 5.69. The highest BCUT2D eigenvalue weighted by Gasteiger charge is 2.45. The maximum atomic E-state index is 13.7. The number of halogens is 2. The van der Waals surface area contributed by atoms with E-state index < -0.39 is 27.2 Å². The first kappa shape index (κ1) is 20.4. The fourth-order valence-electron chi connectivity index (χ4n) is 2.95. The lowest BCUT2D eigenvalue weighted by molar-refractivity contribution is -0.147. The van der Waals surface area contributed by atoms with Crippen LogP contribution in [0.25, 0.3) is 5.57 Å². The third-order valence-electron chi connectivity index (χ3n) is 4.62. The molecule has 0 bridgehead atoms. The molecular formula is C20H18ClFO5S. The lowest BCUT2D eigenvalue weighted by Crippen LogP contribution is -2.26. The summed E-state index contributed by atoms with van der Waals surface area (Å²) in [5, 5.41) is -0.0645. The molecule has 148 valence electrons. The summed E-state index contributed by atoms with van der Waals surface area (Å²) in [6.07, 6.45) is 1.58. The van der Waals surface area contributed by atoms with Crippen molar-refractivity contribution in [2.75, 3.05) is 6.26 Å². The minimum absolute atomic E-state index is 0.0645. The lowest BCUT2D eigenvalue weighted by atomic mass is 9.88. The number of carbonyl (C=O) groups excluding carboxylic acids is 1. The number of hydrogen-bond acceptors (Lipinski definition) is 5. The quantitative estimate of drug-likeness (QED) is 0.665. The van der Waals surface area contributed by atoms with Crippen LogP contribution in [0.4, 0.5) is 4.39 Å². The van der Waals surface area contributed by atoms with Crippen LogP contribution in [0.5, 0.6) is 5.75 Å². The molecule has 0 saturated carbocycles. The molecule has 0 spiro atoms. The van der Waals surface area contributed by atoms with Crippen molar-refractivity contribution in [1.29, 1.82) is 0 Å². The molecule has 0 aliphatic carbocycles. The van der Waals surface area contributed by atoms with Crippen LogP contribution in [0.1, 0.15) is 25.8 Å². The number of esters is 1. The Hall–Kier alpha value is -2.38. The van der Waals surface area contributed by atoms with Gasteiger partial charge in [0.1, 0.15) is 17.2 Å². The molecule has 1 atom stereocenters. The Morgan fingerprint density at radius 2 is 1.82 bits per heavy atom. The van der Waals surface area contributed by atoms with E-state index in [1.54, 1.807) is 19.1 Å². The fraction of sp³-hybridized carbons (Fsp3) is 0.250. The van der Waals surface area contributed by atoms with E-state index in [0.29, 0.717) is 17.6 Å². The molecule has 0 amide bonds. The van der Waals surface area contributed by atoms with Gasteiger partial charge in [-0.3, -0.25) is 0 Å². The molecule has 1 aliphatic rings. The molecule has 0 radical (unpaired) electrons. The van der Waals surface area contributed by atoms with Crippen LogP contribution in [0.3, 0.4) is 0 Å². The monoisotopic (exact) mass is 424 g/mol. The molecule has 5 nitrogen and oxygen atoms in total. The van der Waals surface area contributed by atoms with Crippen LogP contribution < -0.4 is 4.74 Å². The second-order valence-corrected chi connectivity index (χ2v) is 9.08. The first-order valence-electron chi connectivity index (χ1n) is 8.46. The minimum atomic E-state index is -3.36. The molecule has 0 unspecified atom stereocenters. The van der Waals surface area contributed by atoms with Gasteiger partial charge in [0.05, 0.1) is 15.5 Å². The van der Waals surface area contributed by atoms with Crippen molar-refractivity contribution < 1.29 is 27.1 Å². The van der Waals surface area contributed by atoms with Crippen LogP contribution in [0, 0.1) is 5.82 Å². The second kappa shape index (κ2) is 7.22. The Kier molecular flexibility index (Phi) is 5.25. The lowest BCUT2D eigenvalue weighted by Gasteiger charge is -2.24. The zero-order valence-corrected chi connectivity index (χ0v) is 17.0. The Bertz CT molecular complexity index is 1080. The summed E-state index contributed by atoms with van der Waals surface area (Å²) in [5.41, 5.74) is 0.0757. The Morgan fingerprint density at radius 1 is 1.18 bits per heavy atom. The van der Waals surface area contributed by atoms with E-state index in [-0.39, 0.29) is 21.4 Å². The maximum absolute atomic E-state index is 13.7. The number of hydrogen-bond donors (Lipinski definition) is 0. The number of rotatable bonds is 5. The van der Waals surface area contributed by atoms with Crippen LogP contribution in [0.2, 0.25) is 5.02 Å². The smallest absolute Gasteiger partial charge is 0.375 e. The van der Waals surface area contributed by atoms with E-state index in [4.69, 9.17) is 21.1 Å². The molecule has 8 heteroatoms. The third kappa shape index (κ3) is 3.77. The topological polar surface area (TPSA) is 69.7 Å². The summed E-state index contributed by atoms with van der Waals surface area (Å²) in [4.78, 5) is 12.6. The highest BCUT2D eigenvalue weighted by Crippen LogP contribution is 2.43. The van der Waals surface area contributed by atoms with Crippen molar-refractivity contribution in [3.05, 3.63) is 64.6 Å². The SMILES string of the molecule is CC[C@@]1(C)OC(=O)C(Oc2ccc(Cl)c(F)c2)=C1c1ccc(S(C)(=O)=O)cc1. The number of benzene rings is 2. The van der Waals surface area contributed by atoms with Gasteiger partial charge in [-0.25, -0.2) is 17.6 Å². The summed E-state index contributed by atoms with van der Waals surface area (Å²) in [6, 6.07) is 9.94. The molecule has 1 heterocycles. The van der Waals surface area contributed by atoms with Gasteiger partial charge >= 0.3 is 5.97 Å². The van der Waals surface area contributed by atoms with E-state index in [9.17, 15) is 17.6 Å². The molecule has 2 aromatic rings. The van der Waals surface area contributed by atoms with Gasteiger partial charge in [-0.1, -0.05) is 30.7 Å². The number of carbonyl (C=O) groups is 1. The fourth-order valence-corrected chi connectivity index (χ4v) is 3.70. The highest BCUT2D eigenvalue weighted by molar-refractivity contribution is 7.90. The number of ether oxygens (including phenoxy) is 2. The summed E-state index contributed by atoms with van der Waals surface area (Å²) in [6.45, 7) is 3.59. The van der Waals surface area contributed by atoms with Crippen LogP contribution in [0.15, 0.2) is 53.1 Å². The average molecular weight is 425 g/mol. The van der Waals surface area contributed by atoms with Gasteiger partial charge in [0, 0.05) is 12.3 Å². The largest absolute Gasteiger partial charge is 0.449 e. The average Bonchev–Trinajstić information content (AvgIpc) is 2.88. The molecule has 1 aliphatic heterocycles. The normalized spacial score (nSPS) is 19.7. The molecular weight excluding hydrogens is 407 g/mol. The van der Waals surface area contributed by atoms with Gasteiger partial charge in [-0.15, -0.1) is 0 Å². The zero-order chi connectivity index (χ0) is 20.7. The van der Waals surface area contributed by atoms with E-state index >= 15 is 0 Å². The summed E-state index contributed by atoms with van der Waals surface area (Å²) in [7, 11) is -3.36. The van der Waals surface area contributed by atoms with Gasteiger partial charge < -0.3 is 9.47 Å². The maximum Gasteiger partial charge on any atom is 0.375 e.